The number of fused-ring (bicyclic) bond motifs is 2. The Bertz CT molecular complexity index is 1540. The number of nitrogens with one attached hydrogen (secondary N) is 2. The number of aromatic nitrogens is 6. The molecule has 4 heterocycles. The maximum atomic E-state index is 13.4. The van der Waals surface area contributed by atoms with Crippen LogP contribution < -0.4 is 16.2 Å². The van der Waals surface area contributed by atoms with E-state index in [1.54, 1.807) is 17.1 Å². The minimum Gasteiger partial charge on any atom is -0.324 e. The largest absolute Gasteiger partial charge is 0.324 e. The van der Waals surface area contributed by atoms with Crippen molar-refractivity contribution < 1.29 is 0 Å². The minimum atomic E-state index is -0.220. The Balaban J connectivity index is 1.45. The SMILES string of the molecule is CC(C)(C)c1nccc(-n2c3nc(Nc4ccc5c(c4)CCNC5(C)C)ncc3c(=O)n2C2CC2)n1. The number of hydrogen-bond acceptors (Lipinski definition) is 7. The minimum absolute atomic E-state index is 0.0488. The first-order chi connectivity index (χ1) is 17.1. The highest BCUT2D eigenvalue weighted by Crippen LogP contribution is 2.36. The molecule has 0 atom stereocenters. The first-order valence-corrected chi connectivity index (χ1v) is 12.6. The van der Waals surface area contributed by atoms with E-state index in [9.17, 15) is 4.79 Å². The molecule has 2 aliphatic rings. The molecule has 0 unspecified atom stereocenters. The van der Waals surface area contributed by atoms with Gasteiger partial charge < -0.3 is 10.6 Å². The first-order valence-electron chi connectivity index (χ1n) is 12.6. The summed E-state index contributed by atoms with van der Waals surface area (Å²) < 4.78 is 3.63. The van der Waals surface area contributed by atoms with Crippen LogP contribution in [0.1, 0.15) is 70.5 Å². The second-order valence-electron chi connectivity index (χ2n) is 11.4. The Hall–Kier alpha value is -3.59. The molecule has 2 N–H and O–H groups in total. The van der Waals surface area contributed by atoms with Crippen LogP contribution in [0.15, 0.2) is 41.5 Å². The van der Waals surface area contributed by atoms with E-state index in [-0.39, 0.29) is 22.6 Å². The molecule has 6 rings (SSSR count). The van der Waals surface area contributed by atoms with Crippen molar-refractivity contribution in [3.8, 4) is 5.82 Å². The average molecular weight is 485 g/mol. The second kappa shape index (κ2) is 7.96. The monoisotopic (exact) mass is 484 g/mol. The molecule has 0 amide bonds. The molecule has 36 heavy (non-hydrogen) atoms. The van der Waals surface area contributed by atoms with E-state index < -0.39 is 0 Å². The van der Waals surface area contributed by atoms with Crippen LogP contribution in [0, 0.1) is 0 Å². The van der Waals surface area contributed by atoms with Crippen LogP contribution in [0.5, 0.6) is 0 Å². The van der Waals surface area contributed by atoms with E-state index in [1.807, 2.05) is 10.7 Å². The summed E-state index contributed by atoms with van der Waals surface area (Å²) in [5.41, 5.74) is 3.75. The van der Waals surface area contributed by atoms with Gasteiger partial charge >= 0.3 is 0 Å². The van der Waals surface area contributed by atoms with Crippen LogP contribution in [-0.2, 0) is 17.4 Å². The fraction of sp³-hybridized carbons (Fsp3) is 0.444. The van der Waals surface area contributed by atoms with E-state index in [4.69, 9.17) is 9.97 Å². The first kappa shape index (κ1) is 22.8. The topological polar surface area (TPSA) is 103 Å². The highest BCUT2D eigenvalue weighted by atomic mass is 16.1. The molecule has 0 bridgehead atoms. The second-order valence-corrected chi connectivity index (χ2v) is 11.4. The van der Waals surface area contributed by atoms with Gasteiger partial charge in [-0.25, -0.2) is 24.3 Å². The normalized spacial score (nSPS) is 17.2. The molecule has 1 aliphatic heterocycles. The lowest BCUT2D eigenvalue weighted by Crippen LogP contribution is -2.42. The van der Waals surface area contributed by atoms with E-state index in [0.717, 1.165) is 37.3 Å². The van der Waals surface area contributed by atoms with Crippen LogP contribution >= 0.6 is 0 Å². The molecule has 186 valence electrons. The standard InChI is InChI=1S/C27H32N8O/c1-26(2,3)24-28-12-11-21(32-24)35-22-19(23(36)34(35)18-7-8-18)15-29-25(33-22)31-17-6-9-20-16(14-17)10-13-30-27(20,4)5/h6,9,11-12,14-15,18,30H,7-8,10,13H2,1-5H3,(H,29,31,33). The zero-order valence-electron chi connectivity index (χ0n) is 21.5. The molecule has 0 saturated heterocycles. The maximum Gasteiger partial charge on any atom is 0.278 e. The summed E-state index contributed by atoms with van der Waals surface area (Å²) in [6, 6.07) is 8.38. The third-order valence-corrected chi connectivity index (χ3v) is 7.04. The summed E-state index contributed by atoms with van der Waals surface area (Å²) in [7, 11) is 0. The van der Waals surface area contributed by atoms with Gasteiger partial charge in [0.2, 0.25) is 5.95 Å². The van der Waals surface area contributed by atoms with E-state index in [2.05, 4.69) is 73.4 Å². The van der Waals surface area contributed by atoms with E-state index in [0.29, 0.717) is 22.8 Å². The fourth-order valence-corrected chi connectivity index (χ4v) is 4.98. The van der Waals surface area contributed by atoms with Crippen LogP contribution in [-0.4, -0.2) is 35.8 Å². The van der Waals surface area contributed by atoms with Gasteiger partial charge in [-0.2, -0.15) is 4.98 Å². The van der Waals surface area contributed by atoms with Gasteiger partial charge in [0, 0.05) is 35.1 Å². The Kier molecular flexibility index (Phi) is 5.05. The zero-order chi connectivity index (χ0) is 25.2. The summed E-state index contributed by atoms with van der Waals surface area (Å²) in [4.78, 5) is 32.0. The van der Waals surface area contributed by atoms with Gasteiger partial charge in [0.25, 0.3) is 5.56 Å². The van der Waals surface area contributed by atoms with Crippen molar-refractivity contribution in [1.29, 1.82) is 0 Å². The number of anilines is 2. The lowest BCUT2D eigenvalue weighted by atomic mass is 9.85. The molecule has 4 aromatic rings. The van der Waals surface area contributed by atoms with Gasteiger partial charge in [-0.05, 0) is 62.9 Å². The van der Waals surface area contributed by atoms with Crippen molar-refractivity contribution in [1.82, 2.24) is 34.6 Å². The highest BCUT2D eigenvalue weighted by molar-refractivity contribution is 5.77. The molecule has 9 nitrogen and oxygen atoms in total. The summed E-state index contributed by atoms with van der Waals surface area (Å²) in [5, 5.41) is 7.42. The van der Waals surface area contributed by atoms with Crippen molar-refractivity contribution in [2.45, 2.75) is 70.9 Å². The van der Waals surface area contributed by atoms with Crippen molar-refractivity contribution in [2.24, 2.45) is 0 Å². The number of hydrogen-bond donors (Lipinski definition) is 2. The summed E-state index contributed by atoms with van der Waals surface area (Å²) >= 11 is 0. The molecule has 1 aliphatic carbocycles. The Morgan fingerprint density at radius 2 is 1.92 bits per heavy atom. The number of benzene rings is 1. The Labute approximate surface area is 210 Å². The fourth-order valence-electron chi connectivity index (χ4n) is 4.98. The van der Waals surface area contributed by atoms with E-state index in [1.165, 1.54) is 11.1 Å². The molecule has 1 fully saturated rings. The predicted molar refractivity (Wildman–Crippen MR) is 140 cm³/mol. The van der Waals surface area contributed by atoms with Crippen molar-refractivity contribution in [2.75, 3.05) is 11.9 Å². The average Bonchev–Trinajstić information content (AvgIpc) is 3.62. The summed E-state index contributed by atoms with van der Waals surface area (Å²) in [6.07, 6.45) is 6.28. The molecule has 1 aromatic carbocycles. The van der Waals surface area contributed by atoms with Gasteiger partial charge in [0.05, 0.1) is 6.04 Å². The van der Waals surface area contributed by atoms with Gasteiger partial charge in [0.1, 0.15) is 11.2 Å². The zero-order valence-corrected chi connectivity index (χ0v) is 21.5. The Morgan fingerprint density at radius 1 is 1.11 bits per heavy atom. The third kappa shape index (κ3) is 3.87. The van der Waals surface area contributed by atoms with Crippen molar-refractivity contribution in [3.63, 3.8) is 0 Å². The third-order valence-electron chi connectivity index (χ3n) is 7.04. The lowest BCUT2D eigenvalue weighted by Gasteiger charge is -2.34. The molecule has 0 radical (unpaired) electrons. The predicted octanol–water partition coefficient (Wildman–Crippen LogP) is 4.13. The molecule has 1 saturated carbocycles. The molecule has 0 spiro atoms. The van der Waals surface area contributed by atoms with Crippen LogP contribution in [0.2, 0.25) is 0 Å². The quantitative estimate of drug-likeness (QED) is 0.449. The number of nitrogens with zero attached hydrogens (tertiary/aromatic N) is 6. The van der Waals surface area contributed by atoms with E-state index >= 15 is 0 Å². The van der Waals surface area contributed by atoms with Crippen LogP contribution in [0.25, 0.3) is 16.9 Å². The number of rotatable bonds is 4. The lowest BCUT2D eigenvalue weighted by molar-refractivity contribution is 0.382. The van der Waals surface area contributed by atoms with Crippen LogP contribution in [0.4, 0.5) is 11.6 Å². The van der Waals surface area contributed by atoms with Gasteiger partial charge in [-0.1, -0.05) is 26.8 Å². The van der Waals surface area contributed by atoms with Crippen molar-refractivity contribution >= 4 is 22.7 Å². The van der Waals surface area contributed by atoms with Crippen molar-refractivity contribution in [3.05, 3.63) is 64.0 Å². The Morgan fingerprint density at radius 3 is 2.67 bits per heavy atom. The molecular formula is C27H32N8O. The van der Waals surface area contributed by atoms with Gasteiger partial charge in [-0.3, -0.25) is 4.79 Å². The maximum absolute atomic E-state index is 13.4. The highest BCUT2D eigenvalue weighted by Gasteiger charge is 2.32. The molecular weight excluding hydrogens is 452 g/mol. The summed E-state index contributed by atoms with van der Waals surface area (Å²) in [5.74, 6) is 1.81. The molecule has 3 aromatic heterocycles. The van der Waals surface area contributed by atoms with Crippen LogP contribution in [0.3, 0.4) is 0 Å². The smallest absolute Gasteiger partial charge is 0.278 e. The van der Waals surface area contributed by atoms with Gasteiger partial charge in [-0.15, -0.1) is 0 Å². The molecule has 9 heteroatoms. The summed E-state index contributed by atoms with van der Waals surface area (Å²) in [6.45, 7) is 11.6. The van der Waals surface area contributed by atoms with Gasteiger partial charge in [0.15, 0.2) is 11.5 Å².